The molecular weight excluding hydrogens is 154 g/mol. The molecule has 0 aliphatic heterocycles. The third-order valence-electron chi connectivity index (χ3n) is 1.91. The molecule has 2 rings (SSSR count). The Kier molecular flexibility index (Phi) is 1.30. The molecule has 0 aliphatic rings. The first-order chi connectivity index (χ1) is 5.66. The van der Waals surface area contributed by atoms with E-state index >= 15 is 0 Å². The van der Waals surface area contributed by atoms with E-state index in [-0.39, 0.29) is 5.56 Å². The predicted molar refractivity (Wildman–Crippen MR) is 45.3 cm³/mol. The molecule has 0 radical (unpaired) electrons. The zero-order valence-electron chi connectivity index (χ0n) is 6.96. The second kappa shape index (κ2) is 2.20. The van der Waals surface area contributed by atoms with Gasteiger partial charge < -0.3 is 0 Å². The third-order valence-corrected chi connectivity index (χ3v) is 1.91. The fourth-order valence-corrected chi connectivity index (χ4v) is 1.13. The Balaban J connectivity index is 2.92. The summed E-state index contributed by atoms with van der Waals surface area (Å²) >= 11 is 0. The average molecular weight is 163 g/mol. The number of H-pyrrole nitrogens is 1. The Hall–Kier alpha value is -1.58. The maximum atomic E-state index is 10.9. The summed E-state index contributed by atoms with van der Waals surface area (Å²) in [6.45, 7) is 3.88. The van der Waals surface area contributed by atoms with E-state index in [0.29, 0.717) is 5.65 Å². The van der Waals surface area contributed by atoms with Gasteiger partial charge in [0.1, 0.15) is 0 Å². The first kappa shape index (κ1) is 7.09. The molecule has 0 saturated carbocycles. The molecule has 0 bridgehead atoms. The minimum absolute atomic E-state index is 0.118. The molecule has 0 aliphatic carbocycles. The topological polar surface area (TPSA) is 50.2 Å². The lowest BCUT2D eigenvalue weighted by Gasteiger charge is -1.99. The lowest BCUT2D eigenvalue weighted by molar-refractivity contribution is 0.899. The van der Waals surface area contributed by atoms with E-state index in [4.69, 9.17) is 0 Å². The largest absolute Gasteiger partial charge is 0.268 e. The molecule has 0 aromatic carbocycles. The van der Waals surface area contributed by atoms with Crippen molar-refractivity contribution in [2.45, 2.75) is 13.8 Å². The molecule has 4 heteroatoms. The Labute approximate surface area is 68.8 Å². The zero-order chi connectivity index (χ0) is 8.72. The molecule has 62 valence electrons. The third kappa shape index (κ3) is 0.922. The van der Waals surface area contributed by atoms with Crippen LogP contribution in [0.5, 0.6) is 0 Å². The SMILES string of the molecule is Cc1cn2[nH]c(=O)cc2nc1C. The number of fused-ring (bicyclic) bond motifs is 1. The van der Waals surface area contributed by atoms with Crippen LogP contribution < -0.4 is 5.56 Å². The number of hydrogen-bond donors (Lipinski definition) is 1. The van der Waals surface area contributed by atoms with Crippen LogP contribution in [0.15, 0.2) is 17.1 Å². The Morgan fingerprint density at radius 2 is 2.25 bits per heavy atom. The second-order valence-electron chi connectivity index (χ2n) is 2.86. The highest BCUT2D eigenvalue weighted by Crippen LogP contribution is 2.03. The summed E-state index contributed by atoms with van der Waals surface area (Å²) in [5.41, 5.74) is 2.57. The molecule has 2 heterocycles. The normalized spacial score (nSPS) is 10.8. The quantitative estimate of drug-likeness (QED) is 0.619. The van der Waals surface area contributed by atoms with Gasteiger partial charge in [-0.1, -0.05) is 0 Å². The number of hydrogen-bond acceptors (Lipinski definition) is 2. The summed E-state index contributed by atoms with van der Waals surface area (Å²) in [7, 11) is 0. The maximum absolute atomic E-state index is 10.9. The molecule has 4 nitrogen and oxygen atoms in total. The molecule has 12 heavy (non-hydrogen) atoms. The van der Waals surface area contributed by atoms with Gasteiger partial charge in [-0.15, -0.1) is 0 Å². The summed E-state index contributed by atoms with van der Waals surface area (Å²) in [4.78, 5) is 15.1. The van der Waals surface area contributed by atoms with E-state index < -0.39 is 0 Å². The standard InChI is InChI=1S/C8H9N3O/c1-5-4-11-7(9-6(5)2)3-8(12)10-11/h3-4H,1-2H3,(H,10,12). The Bertz CT molecular complexity index is 438. The van der Waals surface area contributed by atoms with Gasteiger partial charge in [-0.25, -0.2) is 9.50 Å². The monoisotopic (exact) mass is 163 g/mol. The van der Waals surface area contributed by atoms with Crippen LogP contribution in [-0.2, 0) is 0 Å². The van der Waals surface area contributed by atoms with Gasteiger partial charge in [0.25, 0.3) is 5.56 Å². The molecule has 0 fully saturated rings. The van der Waals surface area contributed by atoms with Crippen LogP contribution in [0, 0.1) is 13.8 Å². The van der Waals surface area contributed by atoms with Crippen LogP contribution in [0.2, 0.25) is 0 Å². The van der Waals surface area contributed by atoms with Crippen LogP contribution in [-0.4, -0.2) is 14.6 Å². The zero-order valence-corrected chi connectivity index (χ0v) is 6.96. The fraction of sp³-hybridized carbons (Fsp3) is 0.250. The van der Waals surface area contributed by atoms with Crippen molar-refractivity contribution >= 4 is 5.65 Å². The van der Waals surface area contributed by atoms with Crippen molar-refractivity contribution in [3.63, 3.8) is 0 Å². The highest BCUT2D eigenvalue weighted by Gasteiger charge is 1.99. The molecule has 0 amide bonds. The van der Waals surface area contributed by atoms with Crippen molar-refractivity contribution in [2.75, 3.05) is 0 Å². The number of aromatic nitrogens is 3. The summed E-state index contributed by atoms with van der Waals surface area (Å²) < 4.78 is 1.63. The van der Waals surface area contributed by atoms with E-state index in [1.807, 2.05) is 20.0 Å². The number of aryl methyl sites for hydroxylation is 2. The molecule has 0 spiro atoms. The van der Waals surface area contributed by atoms with Crippen molar-refractivity contribution in [1.29, 1.82) is 0 Å². The maximum Gasteiger partial charge on any atom is 0.266 e. The van der Waals surface area contributed by atoms with Gasteiger partial charge in [-0.3, -0.25) is 9.89 Å². The minimum atomic E-state index is -0.118. The molecular formula is C8H9N3O. The Morgan fingerprint density at radius 3 is 3.00 bits per heavy atom. The van der Waals surface area contributed by atoms with Crippen molar-refractivity contribution in [3.8, 4) is 0 Å². The first-order valence-electron chi connectivity index (χ1n) is 3.72. The second-order valence-corrected chi connectivity index (χ2v) is 2.86. The van der Waals surface area contributed by atoms with Gasteiger partial charge in [0.2, 0.25) is 0 Å². The van der Waals surface area contributed by atoms with Crippen LogP contribution in [0.3, 0.4) is 0 Å². The number of aromatic amines is 1. The summed E-state index contributed by atoms with van der Waals surface area (Å²) in [5.74, 6) is 0. The predicted octanol–water partition coefficient (Wildman–Crippen LogP) is 0.639. The van der Waals surface area contributed by atoms with Gasteiger partial charge in [0.15, 0.2) is 5.65 Å². The summed E-state index contributed by atoms with van der Waals surface area (Å²) in [6.07, 6.45) is 1.86. The van der Waals surface area contributed by atoms with E-state index in [9.17, 15) is 4.79 Å². The number of nitrogens with zero attached hydrogens (tertiary/aromatic N) is 2. The first-order valence-corrected chi connectivity index (χ1v) is 3.72. The van der Waals surface area contributed by atoms with Gasteiger partial charge in [-0.2, -0.15) is 0 Å². The molecule has 1 N–H and O–H groups in total. The van der Waals surface area contributed by atoms with Gasteiger partial charge in [0, 0.05) is 18.0 Å². The van der Waals surface area contributed by atoms with Crippen LogP contribution in [0.1, 0.15) is 11.3 Å². The van der Waals surface area contributed by atoms with Crippen molar-refractivity contribution in [3.05, 3.63) is 33.9 Å². The molecule has 0 saturated heterocycles. The molecule has 0 unspecified atom stereocenters. The molecule has 0 atom stereocenters. The summed E-state index contributed by atoms with van der Waals surface area (Å²) in [5, 5.41) is 2.63. The lowest BCUT2D eigenvalue weighted by Crippen LogP contribution is -1.99. The average Bonchev–Trinajstić information content (AvgIpc) is 2.30. The highest BCUT2D eigenvalue weighted by atomic mass is 16.1. The number of nitrogens with one attached hydrogen (secondary N) is 1. The molecule has 2 aromatic rings. The summed E-state index contributed by atoms with van der Waals surface area (Å²) in [6, 6.07) is 1.48. The van der Waals surface area contributed by atoms with E-state index in [2.05, 4.69) is 10.1 Å². The van der Waals surface area contributed by atoms with Crippen LogP contribution in [0.25, 0.3) is 5.65 Å². The van der Waals surface area contributed by atoms with Crippen molar-refractivity contribution in [1.82, 2.24) is 14.6 Å². The van der Waals surface area contributed by atoms with Crippen molar-refractivity contribution in [2.24, 2.45) is 0 Å². The Morgan fingerprint density at radius 1 is 1.50 bits per heavy atom. The highest BCUT2D eigenvalue weighted by molar-refractivity contribution is 5.38. The van der Waals surface area contributed by atoms with Gasteiger partial charge >= 0.3 is 0 Å². The van der Waals surface area contributed by atoms with Crippen molar-refractivity contribution < 1.29 is 0 Å². The molecule has 2 aromatic heterocycles. The van der Waals surface area contributed by atoms with E-state index in [1.54, 1.807) is 4.52 Å². The fourth-order valence-electron chi connectivity index (χ4n) is 1.13. The van der Waals surface area contributed by atoms with Gasteiger partial charge in [0.05, 0.1) is 0 Å². The number of rotatable bonds is 0. The minimum Gasteiger partial charge on any atom is -0.268 e. The van der Waals surface area contributed by atoms with Gasteiger partial charge in [-0.05, 0) is 19.4 Å². The van der Waals surface area contributed by atoms with Crippen LogP contribution in [0.4, 0.5) is 0 Å². The van der Waals surface area contributed by atoms with E-state index in [1.165, 1.54) is 6.07 Å². The lowest BCUT2D eigenvalue weighted by atomic mass is 10.3. The smallest absolute Gasteiger partial charge is 0.266 e. The van der Waals surface area contributed by atoms with Crippen LogP contribution >= 0.6 is 0 Å². The van der Waals surface area contributed by atoms with E-state index in [0.717, 1.165) is 11.3 Å².